The van der Waals surface area contributed by atoms with Crippen LogP contribution in [0.25, 0.3) is 10.8 Å². The predicted octanol–water partition coefficient (Wildman–Crippen LogP) is 3.80. The quantitative estimate of drug-likeness (QED) is 0.610. The van der Waals surface area contributed by atoms with Crippen molar-refractivity contribution in [3.05, 3.63) is 64.5 Å². The highest BCUT2D eigenvalue weighted by atomic mass is 16.6. The second kappa shape index (κ2) is 7.90. The topological polar surface area (TPSA) is 100 Å². The number of esters is 1. The van der Waals surface area contributed by atoms with Gasteiger partial charge in [-0.25, -0.2) is 4.79 Å². The fraction of sp³-hybridized carbons (Fsp3) is 0.440. The lowest BCUT2D eigenvalue weighted by Gasteiger charge is -2.36. The summed E-state index contributed by atoms with van der Waals surface area (Å²) >= 11 is 0. The summed E-state index contributed by atoms with van der Waals surface area (Å²) in [6.45, 7) is 10.1. The maximum Gasteiger partial charge on any atom is 0.340 e. The number of ether oxygens (including phenoxy) is 2. The second-order valence-corrected chi connectivity index (χ2v) is 9.46. The zero-order valence-electron chi connectivity index (χ0n) is 19.5. The van der Waals surface area contributed by atoms with Gasteiger partial charge in [0, 0.05) is 59.9 Å². The monoisotopic (exact) mass is 434 g/mol. The van der Waals surface area contributed by atoms with Crippen molar-refractivity contribution in [2.75, 3.05) is 13.7 Å². The first kappa shape index (κ1) is 22.3. The molecule has 0 spiro atoms. The number of nitrogens with zero attached hydrogens (tertiary/aromatic N) is 3. The van der Waals surface area contributed by atoms with Crippen LogP contribution in [0.15, 0.2) is 30.6 Å². The van der Waals surface area contributed by atoms with Crippen molar-refractivity contribution in [2.45, 2.75) is 58.1 Å². The second-order valence-electron chi connectivity index (χ2n) is 9.46. The highest BCUT2D eigenvalue weighted by molar-refractivity contribution is 5.92. The average Bonchev–Trinajstić information content (AvgIpc) is 2.72. The smallest absolute Gasteiger partial charge is 0.340 e. The minimum Gasteiger partial charge on any atom is -0.455 e. The summed E-state index contributed by atoms with van der Waals surface area (Å²) in [6, 6.07) is 5.73. The summed E-state index contributed by atoms with van der Waals surface area (Å²) in [5, 5.41) is 1.98. The number of fused-ring (bicyclic) bond motifs is 2. The van der Waals surface area contributed by atoms with Crippen molar-refractivity contribution in [3.8, 4) is 0 Å². The Bertz CT molecular complexity index is 1200. The van der Waals surface area contributed by atoms with Crippen LogP contribution < -0.4 is 5.73 Å². The van der Waals surface area contributed by atoms with Crippen molar-refractivity contribution < 1.29 is 14.3 Å². The molecule has 0 aromatic carbocycles. The standard InChI is InChI=1S/C25H30N4O3/c1-14-22-18(23(30)32-24(14,3)4)8-7-16(29-22)9-17-10-19-20(11-28-17)15(2)27-12-21(19)25(5,26)13-31-6/h7-8,10-12,14H,9,13,26H2,1-6H3/t14-,25-/m1/s1. The Morgan fingerprint density at radius 2 is 1.94 bits per heavy atom. The molecular weight excluding hydrogens is 404 g/mol. The normalized spacial score (nSPS) is 19.3. The Balaban J connectivity index is 1.75. The number of methoxy groups -OCH3 is 1. The van der Waals surface area contributed by atoms with Crippen molar-refractivity contribution in [2.24, 2.45) is 5.73 Å². The molecule has 2 N–H and O–H groups in total. The first-order valence-electron chi connectivity index (χ1n) is 10.8. The molecule has 0 radical (unpaired) electrons. The molecular formula is C25H30N4O3. The minimum atomic E-state index is -0.683. The van der Waals surface area contributed by atoms with E-state index in [4.69, 9.17) is 20.2 Å². The van der Waals surface area contributed by atoms with Crippen LogP contribution in [-0.4, -0.2) is 40.2 Å². The fourth-order valence-electron chi connectivity index (χ4n) is 4.25. The number of carbonyl (C=O) groups is 1. The summed E-state index contributed by atoms with van der Waals surface area (Å²) < 4.78 is 10.9. The first-order chi connectivity index (χ1) is 15.0. The molecule has 1 aliphatic heterocycles. The Morgan fingerprint density at radius 3 is 2.66 bits per heavy atom. The van der Waals surface area contributed by atoms with E-state index in [2.05, 4.69) is 16.0 Å². The molecule has 0 saturated heterocycles. The maximum atomic E-state index is 12.4. The van der Waals surface area contributed by atoms with Gasteiger partial charge in [0.05, 0.1) is 23.4 Å². The molecule has 4 heterocycles. The molecule has 4 rings (SSSR count). The van der Waals surface area contributed by atoms with E-state index in [1.165, 1.54) is 0 Å². The Labute approximate surface area is 188 Å². The van der Waals surface area contributed by atoms with Crippen LogP contribution in [0, 0.1) is 6.92 Å². The number of aromatic nitrogens is 3. The molecule has 0 fully saturated rings. The van der Waals surface area contributed by atoms with Gasteiger partial charge in [0.2, 0.25) is 0 Å². The third-order valence-electron chi connectivity index (χ3n) is 6.46. The Kier molecular flexibility index (Phi) is 5.51. The van der Waals surface area contributed by atoms with Crippen molar-refractivity contribution in [1.29, 1.82) is 0 Å². The van der Waals surface area contributed by atoms with Gasteiger partial charge in [-0.15, -0.1) is 0 Å². The number of pyridine rings is 3. The highest BCUT2D eigenvalue weighted by Crippen LogP contribution is 2.37. The van der Waals surface area contributed by atoms with E-state index in [9.17, 15) is 4.79 Å². The number of rotatable bonds is 5. The van der Waals surface area contributed by atoms with Gasteiger partial charge in [-0.05, 0) is 51.3 Å². The zero-order chi connectivity index (χ0) is 23.3. The van der Waals surface area contributed by atoms with Crippen LogP contribution >= 0.6 is 0 Å². The predicted molar refractivity (Wildman–Crippen MR) is 123 cm³/mol. The lowest BCUT2D eigenvalue weighted by atomic mass is 9.84. The van der Waals surface area contributed by atoms with Crippen LogP contribution in [0.3, 0.4) is 0 Å². The van der Waals surface area contributed by atoms with Gasteiger partial charge in [0.1, 0.15) is 5.60 Å². The van der Waals surface area contributed by atoms with Gasteiger partial charge in [-0.3, -0.25) is 15.0 Å². The molecule has 32 heavy (non-hydrogen) atoms. The molecule has 0 unspecified atom stereocenters. The van der Waals surface area contributed by atoms with E-state index in [0.29, 0.717) is 18.6 Å². The summed E-state index contributed by atoms with van der Waals surface area (Å²) in [6.07, 6.45) is 4.21. The number of aryl methyl sites for hydroxylation is 1. The molecule has 7 nitrogen and oxygen atoms in total. The van der Waals surface area contributed by atoms with Gasteiger partial charge in [-0.1, -0.05) is 6.92 Å². The lowest BCUT2D eigenvalue weighted by Crippen LogP contribution is -2.39. The van der Waals surface area contributed by atoms with E-state index in [0.717, 1.165) is 39.1 Å². The largest absolute Gasteiger partial charge is 0.455 e. The Morgan fingerprint density at radius 1 is 1.19 bits per heavy atom. The number of hydrogen-bond acceptors (Lipinski definition) is 7. The van der Waals surface area contributed by atoms with Crippen LogP contribution in [0.4, 0.5) is 0 Å². The summed E-state index contributed by atoms with van der Waals surface area (Å²) in [5.74, 6) is -0.328. The summed E-state index contributed by atoms with van der Waals surface area (Å²) in [5.41, 5.74) is 10.1. The number of nitrogens with two attached hydrogens (primary N) is 1. The SMILES string of the molecule is COC[C@@](C)(N)c1cnc(C)c2cnc(Cc3ccc4c(n3)[C@@H](C)C(C)(C)OC4=O)cc12. The van der Waals surface area contributed by atoms with Crippen LogP contribution in [0.2, 0.25) is 0 Å². The minimum absolute atomic E-state index is 0.00738. The summed E-state index contributed by atoms with van der Waals surface area (Å²) in [7, 11) is 1.64. The van der Waals surface area contributed by atoms with Crippen molar-refractivity contribution >= 4 is 16.7 Å². The summed E-state index contributed by atoms with van der Waals surface area (Å²) in [4.78, 5) is 26.4. The molecule has 0 aliphatic carbocycles. The first-order valence-corrected chi connectivity index (χ1v) is 10.8. The molecule has 0 saturated carbocycles. The van der Waals surface area contributed by atoms with Crippen LogP contribution in [0.1, 0.15) is 72.3 Å². The van der Waals surface area contributed by atoms with Gasteiger partial charge in [0.25, 0.3) is 0 Å². The average molecular weight is 435 g/mol. The third-order valence-corrected chi connectivity index (χ3v) is 6.46. The molecule has 1 aliphatic rings. The zero-order valence-corrected chi connectivity index (χ0v) is 19.5. The molecule has 3 aromatic heterocycles. The number of cyclic esters (lactones) is 1. The van der Waals surface area contributed by atoms with Crippen molar-refractivity contribution in [1.82, 2.24) is 15.0 Å². The van der Waals surface area contributed by atoms with E-state index in [1.54, 1.807) is 7.11 Å². The van der Waals surface area contributed by atoms with Gasteiger partial charge in [-0.2, -0.15) is 0 Å². The van der Waals surface area contributed by atoms with E-state index < -0.39 is 11.1 Å². The molecule has 0 amide bonds. The molecule has 7 heteroatoms. The van der Waals surface area contributed by atoms with E-state index >= 15 is 0 Å². The lowest BCUT2D eigenvalue weighted by molar-refractivity contribution is -0.0190. The molecule has 168 valence electrons. The van der Waals surface area contributed by atoms with Crippen molar-refractivity contribution in [3.63, 3.8) is 0 Å². The number of hydrogen-bond donors (Lipinski definition) is 1. The highest BCUT2D eigenvalue weighted by Gasteiger charge is 2.40. The van der Waals surface area contributed by atoms with Crippen LogP contribution in [-0.2, 0) is 21.4 Å². The molecule has 2 atom stereocenters. The van der Waals surface area contributed by atoms with E-state index in [-0.39, 0.29) is 11.9 Å². The number of carbonyl (C=O) groups excluding carboxylic acids is 1. The molecule has 3 aromatic rings. The maximum absolute atomic E-state index is 12.4. The van der Waals surface area contributed by atoms with Gasteiger partial charge < -0.3 is 15.2 Å². The van der Waals surface area contributed by atoms with Gasteiger partial charge in [0.15, 0.2) is 0 Å². The van der Waals surface area contributed by atoms with Gasteiger partial charge >= 0.3 is 5.97 Å². The van der Waals surface area contributed by atoms with E-state index in [1.807, 2.05) is 59.1 Å². The fourth-order valence-corrected chi connectivity index (χ4v) is 4.25. The third kappa shape index (κ3) is 3.87. The molecule has 0 bridgehead atoms. The van der Waals surface area contributed by atoms with Crippen LogP contribution in [0.5, 0.6) is 0 Å². The Hall–Kier alpha value is -2.90.